The highest BCUT2D eigenvalue weighted by atomic mass is 33.1. The molecule has 2 atom stereocenters. The van der Waals surface area contributed by atoms with Crippen LogP contribution >= 0.6 is 21.6 Å². The first kappa shape index (κ1) is 17.5. The Hall–Kier alpha value is -0.890. The van der Waals surface area contributed by atoms with Crippen molar-refractivity contribution in [2.24, 2.45) is 0 Å². The minimum absolute atomic E-state index is 0.572. The number of rotatable bonds is 5. The van der Waals surface area contributed by atoms with E-state index in [1.54, 1.807) is 0 Å². The fourth-order valence-corrected chi connectivity index (χ4v) is 2.24. The van der Waals surface area contributed by atoms with E-state index in [1.165, 1.54) is 13.8 Å². The molecule has 16 heavy (non-hydrogen) atoms. The Balaban J connectivity index is 0. The van der Waals surface area contributed by atoms with Crippen LogP contribution in [0.25, 0.3) is 0 Å². The molecular formula is C8H14O6S2. The summed E-state index contributed by atoms with van der Waals surface area (Å²) in [6.07, 6.45) is 0. The lowest BCUT2D eigenvalue weighted by Crippen LogP contribution is -2.14. The number of carbonyl (C=O) groups is 3. The molecular weight excluding hydrogens is 256 g/mol. The third-order valence-corrected chi connectivity index (χ3v) is 4.20. The summed E-state index contributed by atoms with van der Waals surface area (Å²) in [5.41, 5.74) is 0. The SMILES string of the molecule is CC(=O)O.CC(SSC(C)C(=O)O)C(=O)O. The van der Waals surface area contributed by atoms with Crippen LogP contribution in [0.15, 0.2) is 0 Å². The zero-order chi connectivity index (χ0) is 13.3. The molecule has 0 aromatic carbocycles. The van der Waals surface area contributed by atoms with Gasteiger partial charge in [-0.3, -0.25) is 14.4 Å². The molecule has 2 unspecified atom stereocenters. The van der Waals surface area contributed by atoms with E-state index in [0.29, 0.717) is 0 Å². The Morgan fingerprint density at radius 1 is 0.875 bits per heavy atom. The summed E-state index contributed by atoms with van der Waals surface area (Å²) in [5, 5.41) is 23.2. The van der Waals surface area contributed by atoms with Crippen molar-refractivity contribution in [2.45, 2.75) is 31.3 Å². The summed E-state index contributed by atoms with van der Waals surface area (Å²) in [4.78, 5) is 29.6. The normalized spacial score (nSPS) is 12.9. The van der Waals surface area contributed by atoms with Gasteiger partial charge in [0.05, 0.1) is 0 Å². The van der Waals surface area contributed by atoms with E-state index >= 15 is 0 Å². The van der Waals surface area contributed by atoms with Crippen LogP contribution in [0, 0.1) is 0 Å². The van der Waals surface area contributed by atoms with Crippen LogP contribution in [0.5, 0.6) is 0 Å². The summed E-state index contributed by atoms with van der Waals surface area (Å²) in [5.74, 6) is -2.69. The lowest BCUT2D eigenvalue weighted by atomic mass is 10.5. The molecule has 0 aromatic rings. The summed E-state index contributed by atoms with van der Waals surface area (Å²) < 4.78 is 0. The van der Waals surface area contributed by atoms with Crippen LogP contribution < -0.4 is 0 Å². The topological polar surface area (TPSA) is 112 Å². The maximum Gasteiger partial charge on any atom is 0.317 e. The van der Waals surface area contributed by atoms with Gasteiger partial charge in [0.2, 0.25) is 0 Å². The molecule has 0 saturated carbocycles. The molecule has 0 aliphatic carbocycles. The molecule has 0 amide bonds. The molecule has 3 N–H and O–H groups in total. The average molecular weight is 270 g/mol. The number of carboxylic acid groups (broad SMARTS) is 3. The van der Waals surface area contributed by atoms with E-state index in [-0.39, 0.29) is 0 Å². The molecule has 8 heteroatoms. The molecule has 0 radical (unpaired) electrons. The number of carboxylic acids is 3. The molecule has 0 aliphatic heterocycles. The van der Waals surface area contributed by atoms with Gasteiger partial charge >= 0.3 is 11.9 Å². The van der Waals surface area contributed by atoms with E-state index in [1.807, 2.05) is 0 Å². The van der Waals surface area contributed by atoms with E-state index < -0.39 is 28.4 Å². The van der Waals surface area contributed by atoms with Gasteiger partial charge in [0.15, 0.2) is 0 Å². The van der Waals surface area contributed by atoms with Crippen molar-refractivity contribution in [3.8, 4) is 0 Å². The maximum absolute atomic E-state index is 10.3. The number of hydrogen-bond donors (Lipinski definition) is 3. The van der Waals surface area contributed by atoms with E-state index in [0.717, 1.165) is 28.5 Å². The fourth-order valence-electron chi connectivity index (χ4n) is 0.249. The molecule has 0 spiro atoms. The predicted octanol–water partition coefficient (Wildman–Crippen LogP) is 1.40. The zero-order valence-corrected chi connectivity index (χ0v) is 10.7. The predicted molar refractivity (Wildman–Crippen MR) is 62.7 cm³/mol. The van der Waals surface area contributed by atoms with Gasteiger partial charge in [-0.1, -0.05) is 21.6 Å². The van der Waals surface area contributed by atoms with Gasteiger partial charge in [-0.25, -0.2) is 0 Å². The molecule has 0 fully saturated rings. The van der Waals surface area contributed by atoms with Gasteiger partial charge in [-0.2, -0.15) is 0 Å². The number of hydrogen-bond acceptors (Lipinski definition) is 5. The standard InChI is InChI=1S/C6H10O4S2.C2H4O2/c1-3(5(7)8)11-12-4(2)6(9)10;1-2(3)4/h3-4H,1-2H3,(H,7,8)(H,9,10);1H3,(H,3,4). The lowest BCUT2D eigenvalue weighted by Gasteiger charge is -2.07. The van der Waals surface area contributed by atoms with Crippen LogP contribution in [0.1, 0.15) is 20.8 Å². The highest BCUT2D eigenvalue weighted by Gasteiger charge is 2.17. The second-order valence-corrected chi connectivity index (χ2v) is 5.63. The van der Waals surface area contributed by atoms with Crippen molar-refractivity contribution < 1.29 is 29.7 Å². The second kappa shape index (κ2) is 9.34. The molecule has 0 aliphatic rings. The third-order valence-electron chi connectivity index (χ3n) is 1.04. The molecule has 0 aromatic heterocycles. The van der Waals surface area contributed by atoms with Crippen LogP contribution in [0.2, 0.25) is 0 Å². The van der Waals surface area contributed by atoms with E-state index in [2.05, 4.69) is 0 Å². The van der Waals surface area contributed by atoms with Crippen molar-refractivity contribution in [3.05, 3.63) is 0 Å². The lowest BCUT2D eigenvalue weighted by molar-refractivity contribution is -0.137. The van der Waals surface area contributed by atoms with Crippen molar-refractivity contribution in [1.82, 2.24) is 0 Å². The first-order valence-corrected chi connectivity index (χ1v) is 6.43. The minimum atomic E-state index is -0.926. The van der Waals surface area contributed by atoms with Crippen molar-refractivity contribution in [1.29, 1.82) is 0 Å². The van der Waals surface area contributed by atoms with Crippen LogP contribution in [-0.2, 0) is 14.4 Å². The average Bonchev–Trinajstić information content (AvgIpc) is 2.12. The highest BCUT2D eigenvalue weighted by molar-refractivity contribution is 8.77. The summed E-state index contributed by atoms with van der Waals surface area (Å²) >= 11 is 0. The summed E-state index contributed by atoms with van der Waals surface area (Å²) in [7, 11) is 2.11. The van der Waals surface area contributed by atoms with Crippen molar-refractivity contribution in [3.63, 3.8) is 0 Å². The van der Waals surface area contributed by atoms with Crippen LogP contribution in [0.3, 0.4) is 0 Å². The Morgan fingerprint density at radius 2 is 1.06 bits per heavy atom. The molecule has 0 heterocycles. The van der Waals surface area contributed by atoms with E-state index in [4.69, 9.17) is 20.1 Å². The van der Waals surface area contributed by atoms with Gasteiger partial charge in [-0.05, 0) is 13.8 Å². The Kier molecular flexibility index (Phi) is 10.2. The Morgan fingerprint density at radius 3 is 1.19 bits per heavy atom. The largest absolute Gasteiger partial charge is 0.481 e. The first-order valence-electron chi connectivity index (χ1n) is 4.15. The maximum atomic E-state index is 10.3. The molecule has 0 rings (SSSR count). The highest BCUT2D eigenvalue weighted by Crippen LogP contribution is 2.30. The Bertz CT molecular complexity index is 231. The van der Waals surface area contributed by atoms with Crippen molar-refractivity contribution in [2.75, 3.05) is 0 Å². The monoisotopic (exact) mass is 270 g/mol. The minimum Gasteiger partial charge on any atom is -0.481 e. The quantitative estimate of drug-likeness (QED) is 0.643. The summed E-state index contributed by atoms with van der Waals surface area (Å²) in [6.45, 7) is 4.13. The van der Waals surface area contributed by atoms with E-state index in [9.17, 15) is 9.59 Å². The zero-order valence-electron chi connectivity index (χ0n) is 9.04. The van der Waals surface area contributed by atoms with Gasteiger partial charge < -0.3 is 15.3 Å². The molecule has 6 nitrogen and oxygen atoms in total. The summed E-state index contributed by atoms with van der Waals surface area (Å²) in [6, 6.07) is 0. The third kappa shape index (κ3) is 13.1. The van der Waals surface area contributed by atoms with Gasteiger partial charge in [0.25, 0.3) is 5.97 Å². The second-order valence-electron chi connectivity index (χ2n) is 2.67. The van der Waals surface area contributed by atoms with Crippen LogP contribution in [-0.4, -0.2) is 43.7 Å². The van der Waals surface area contributed by atoms with Gasteiger partial charge in [-0.15, -0.1) is 0 Å². The fraction of sp³-hybridized carbons (Fsp3) is 0.625. The van der Waals surface area contributed by atoms with Crippen LogP contribution in [0.4, 0.5) is 0 Å². The molecule has 94 valence electrons. The van der Waals surface area contributed by atoms with Gasteiger partial charge in [0.1, 0.15) is 10.5 Å². The first-order chi connectivity index (χ1) is 7.18. The smallest absolute Gasteiger partial charge is 0.317 e. The van der Waals surface area contributed by atoms with Gasteiger partial charge in [0, 0.05) is 6.92 Å². The Labute approximate surface area is 101 Å². The molecule has 0 saturated heterocycles. The molecule has 0 bridgehead atoms. The van der Waals surface area contributed by atoms with Crippen molar-refractivity contribution >= 4 is 39.5 Å². The number of aliphatic carboxylic acids is 3.